The number of rotatable bonds is 3. The van der Waals surface area contributed by atoms with Gasteiger partial charge in [-0.2, -0.15) is 0 Å². The Labute approximate surface area is 150 Å². The fourth-order valence-corrected chi connectivity index (χ4v) is 2.95. The molecule has 2 aromatic rings. The number of carbonyl (C=O) groups is 2. The Hall–Kier alpha value is -2.79. The number of hydrogen-bond acceptors (Lipinski definition) is 3. The molecule has 6 heteroatoms. The van der Waals surface area contributed by atoms with E-state index in [4.69, 9.17) is 11.6 Å². The van der Waals surface area contributed by atoms with Crippen LogP contribution in [-0.2, 0) is 11.3 Å². The summed E-state index contributed by atoms with van der Waals surface area (Å²) in [6.45, 7) is 3.67. The number of aromatic hydroxyl groups is 1. The zero-order chi connectivity index (χ0) is 18.1. The molecule has 1 aliphatic rings. The third-order valence-electron chi connectivity index (χ3n) is 4.07. The fraction of sp³-hybridized carbons (Fsp3) is 0.158. The van der Waals surface area contributed by atoms with Crippen molar-refractivity contribution in [3.63, 3.8) is 0 Å². The number of amides is 3. The summed E-state index contributed by atoms with van der Waals surface area (Å²) in [5.74, 6) is -0.183. The van der Waals surface area contributed by atoms with Gasteiger partial charge in [0.05, 0.1) is 6.54 Å². The van der Waals surface area contributed by atoms with Crippen molar-refractivity contribution < 1.29 is 14.7 Å². The molecule has 0 saturated carbocycles. The Morgan fingerprint density at radius 2 is 1.80 bits per heavy atom. The quantitative estimate of drug-likeness (QED) is 0.650. The summed E-state index contributed by atoms with van der Waals surface area (Å²) in [5, 5.41) is 12.9. The highest BCUT2D eigenvalue weighted by Crippen LogP contribution is 2.25. The lowest BCUT2D eigenvalue weighted by molar-refractivity contribution is -0.123. The van der Waals surface area contributed by atoms with Gasteiger partial charge in [0, 0.05) is 5.02 Å². The maximum atomic E-state index is 12.6. The van der Waals surface area contributed by atoms with Gasteiger partial charge in [-0.3, -0.25) is 9.69 Å². The summed E-state index contributed by atoms with van der Waals surface area (Å²) in [4.78, 5) is 25.8. The van der Waals surface area contributed by atoms with Gasteiger partial charge in [0.1, 0.15) is 11.4 Å². The first-order chi connectivity index (χ1) is 11.9. The maximum Gasteiger partial charge on any atom is 0.329 e. The van der Waals surface area contributed by atoms with Crippen LogP contribution in [0.25, 0.3) is 6.08 Å². The van der Waals surface area contributed by atoms with Crippen LogP contribution in [0.2, 0.25) is 5.02 Å². The molecule has 0 unspecified atom stereocenters. The number of nitrogens with zero attached hydrogens (tertiary/aromatic N) is 1. The van der Waals surface area contributed by atoms with Gasteiger partial charge in [-0.05, 0) is 60.4 Å². The zero-order valence-electron chi connectivity index (χ0n) is 13.8. The van der Waals surface area contributed by atoms with Gasteiger partial charge in [-0.1, -0.05) is 29.8 Å². The van der Waals surface area contributed by atoms with E-state index < -0.39 is 11.9 Å². The second kappa shape index (κ2) is 6.61. The third kappa shape index (κ3) is 3.37. The Balaban J connectivity index is 1.87. The SMILES string of the molecule is Cc1cc(/C=C2\NC(=O)N(Cc3ccccc3Cl)C2=O)cc(C)c1O. The van der Waals surface area contributed by atoms with Gasteiger partial charge >= 0.3 is 6.03 Å². The second-order valence-electron chi connectivity index (χ2n) is 5.97. The maximum absolute atomic E-state index is 12.6. The first-order valence-electron chi connectivity index (χ1n) is 7.75. The molecule has 1 saturated heterocycles. The van der Waals surface area contributed by atoms with Gasteiger partial charge in [-0.25, -0.2) is 4.79 Å². The molecule has 2 N–H and O–H groups in total. The zero-order valence-corrected chi connectivity index (χ0v) is 14.6. The Morgan fingerprint density at radius 3 is 2.44 bits per heavy atom. The van der Waals surface area contributed by atoms with E-state index in [1.165, 1.54) is 0 Å². The standard InChI is InChI=1S/C19H17ClN2O3/c1-11-7-13(8-12(2)17(11)23)9-16-18(24)22(19(25)21-16)10-14-5-3-4-6-15(14)20/h3-9,23H,10H2,1-2H3,(H,21,25)/b16-9-. The minimum atomic E-state index is -0.483. The molecule has 2 aromatic carbocycles. The van der Waals surface area contributed by atoms with Crippen molar-refractivity contribution in [3.05, 3.63) is 69.4 Å². The van der Waals surface area contributed by atoms with E-state index in [0.29, 0.717) is 21.7 Å². The number of carbonyl (C=O) groups excluding carboxylic acids is 2. The minimum Gasteiger partial charge on any atom is -0.507 e. The molecule has 1 heterocycles. The number of phenols is 1. The summed E-state index contributed by atoms with van der Waals surface area (Å²) >= 11 is 6.11. The molecule has 0 atom stereocenters. The molecule has 0 spiro atoms. The van der Waals surface area contributed by atoms with Crippen LogP contribution in [0.5, 0.6) is 5.75 Å². The van der Waals surface area contributed by atoms with Crippen LogP contribution in [0.4, 0.5) is 4.79 Å². The van der Waals surface area contributed by atoms with Crippen LogP contribution in [0, 0.1) is 13.8 Å². The van der Waals surface area contributed by atoms with Crippen LogP contribution in [0.15, 0.2) is 42.1 Å². The second-order valence-corrected chi connectivity index (χ2v) is 6.38. The van der Waals surface area contributed by atoms with Crippen molar-refractivity contribution in [1.82, 2.24) is 10.2 Å². The molecule has 0 radical (unpaired) electrons. The lowest BCUT2D eigenvalue weighted by atomic mass is 10.0. The van der Waals surface area contributed by atoms with E-state index in [2.05, 4.69) is 5.32 Å². The highest BCUT2D eigenvalue weighted by atomic mass is 35.5. The van der Waals surface area contributed by atoms with E-state index in [1.807, 2.05) is 0 Å². The Kier molecular flexibility index (Phi) is 4.51. The largest absolute Gasteiger partial charge is 0.507 e. The van der Waals surface area contributed by atoms with Crippen LogP contribution in [0.3, 0.4) is 0 Å². The van der Waals surface area contributed by atoms with Crippen molar-refractivity contribution >= 4 is 29.6 Å². The molecular formula is C19H17ClN2O3. The summed E-state index contributed by atoms with van der Waals surface area (Å²) in [7, 11) is 0. The van der Waals surface area contributed by atoms with E-state index >= 15 is 0 Å². The number of halogens is 1. The first-order valence-corrected chi connectivity index (χ1v) is 8.13. The van der Waals surface area contributed by atoms with Crippen molar-refractivity contribution in [2.75, 3.05) is 0 Å². The topological polar surface area (TPSA) is 69.6 Å². The highest BCUT2D eigenvalue weighted by molar-refractivity contribution is 6.31. The molecule has 0 bridgehead atoms. The predicted octanol–water partition coefficient (Wildman–Crippen LogP) is 3.76. The summed E-state index contributed by atoms with van der Waals surface area (Å²) < 4.78 is 0. The van der Waals surface area contributed by atoms with Crippen LogP contribution in [0.1, 0.15) is 22.3 Å². The molecular weight excluding hydrogens is 340 g/mol. The summed E-state index contributed by atoms with van der Waals surface area (Å²) in [6.07, 6.45) is 1.60. The monoisotopic (exact) mass is 356 g/mol. The van der Waals surface area contributed by atoms with Crippen LogP contribution in [-0.4, -0.2) is 21.9 Å². The average molecular weight is 357 g/mol. The van der Waals surface area contributed by atoms with E-state index in [-0.39, 0.29) is 18.0 Å². The summed E-state index contributed by atoms with van der Waals surface area (Å²) in [5.41, 5.74) is 3.04. The average Bonchev–Trinajstić information content (AvgIpc) is 2.82. The number of hydrogen-bond donors (Lipinski definition) is 2. The summed E-state index contributed by atoms with van der Waals surface area (Å²) in [6, 6.07) is 10.1. The van der Waals surface area contributed by atoms with E-state index in [9.17, 15) is 14.7 Å². The first kappa shape index (κ1) is 17.0. The number of imide groups is 1. The molecule has 3 rings (SSSR count). The third-order valence-corrected chi connectivity index (χ3v) is 4.44. The van der Waals surface area contributed by atoms with Gasteiger partial charge in [0.25, 0.3) is 5.91 Å². The van der Waals surface area contributed by atoms with Gasteiger partial charge in [0.15, 0.2) is 0 Å². The number of phenolic OH excluding ortho intramolecular Hbond substituents is 1. The van der Waals surface area contributed by atoms with Crippen molar-refractivity contribution in [2.45, 2.75) is 20.4 Å². The molecule has 1 fully saturated rings. The smallest absolute Gasteiger partial charge is 0.329 e. The van der Waals surface area contributed by atoms with Crippen LogP contribution >= 0.6 is 11.6 Å². The molecule has 3 amide bonds. The van der Waals surface area contributed by atoms with E-state index in [0.717, 1.165) is 10.5 Å². The predicted molar refractivity (Wildman–Crippen MR) is 96.1 cm³/mol. The molecule has 0 aliphatic carbocycles. The molecule has 128 valence electrons. The Bertz CT molecular complexity index is 882. The fourth-order valence-electron chi connectivity index (χ4n) is 2.75. The van der Waals surface area contributed by atoms with Crippen molar-refractivity contribution in [3.8, 4) is 5.75 Å². The number of aryl methyl sites for hydroxylation is 2. The van der Waals surface area contributed by atoms with E-state index in [1.54, 1.807) is 56.3 Å². The lowest BCUT2D eigenvalue weighted by Gasteiger charge is -2.12. The van der Waals surface area contributed by atoms with Gasteiger partial charge in [-0.15, -0.1) is 0 Å². The minimum absolute atomic E-state index is 0.106. The van der Waals surface area contributed by atoms with Gasteiger partial charge in [0.2, 0.25) is 0 Å². The van der Waals surface area contributed by atoms with Gasteiger partial charge < -0.3 is 10.4 Å². The number of urea groups is 1. The number of nitrogens with one attached hydrogen (secondary N) is 1. The lowest BCUT2D eigenvalue weighted by Crippen LogP contribution is -2.30. The highest BCUT2D eigenvalue weighted by Gasteiger charge is 2.33. The Morgan fingerprint density at radius 1 is 1.16 bits per heavy atom. The normalized spacial score (nSPS) is 15.8. The molecule has 0 aromatic heterocycles. The van der Waals surface area contributed by atoms with Crippen LogP contribution < -0.4 is 5.32 Å². The molecule has 1 aliphatic heterocycles. The molecule has 25 heavy (non-hydrogen) atoms. The van der Waals surface area contributed by atoms with Crippen molar-refractivity contribution in [2.24, 2.45) is 0 Å². The van der Waals surface area contributed by atoms with Crippen molar-refractivity contribution in [1.29, 1.82) is 0 Å². The molecule has 5 nitrogen and oxygen atoms in total. The number of benzene rings is 2.